The molecule has 0 amide bonds. The predicted octanol–water partition coefficient (Wildman–Crippen LogP) is 1.38. The SMILES string of the molecule is CCCn1cnnc1CNCC1CNNC1c1ccc(F)cc1. The summed E-state index contributed by atoms with van der Waals surface area (Å²) >= 11 is 0. The molecule has 1 aliphatic heterocycles. The molecule has 3 N–H and O–H groups in total. The highest BCUT2D eigenvalue weighted by Crippen LogP contribution is 2.24. The summed E-state index contributed by atoms with van der Waals surface area (Å²) < 4.78 is 15.1. The Morgan fingerprint density at radius 2 is 2.17 bits per heavy atom. The molecule has 0 saturated carbocycles. The smallest absolute Gasteiger partial charge is 0.146 e. The molecule has 0 bridgehead atoms. The molecule has 23 heavy (non-hydrogen) atoms. The maximum atomic E-state index is 13.1. The third-order valence-corrected chi connectivity index (χ3v) is 4.17. The molecular formula is C16H23FN6. The van der Waals surface area contributed by atoms with Gasteiger partial charge in [0.1, 0.15) is 18.0 Å². The van der Waals surface area contributed by atoms with E-state index in [1.54, 1.807) is 6.33 Å². The Hall–Kier alpha value is -1.83. The van der Waals surface area contributed by atoms with Gasteiger partial charge in [0.15, 0.2) is 0 Å². The summed E-state index contributed by atoms with van der Waals surface area (Å²) in [6.45, 7) is 5.50. The molecule has 7 heteroatoms. The topological polar surface area (TPSA) is 66.8 Å². The lowest BCUT2D eigenvalue weighted by molar-refractivity contribution is 0.435. The Balaban J connectivity index is 1.55. The first kappa shape index (κ1) is 16.0. The van der Waals surface area contributed by atoms with E-state index in [1.807, 2.05) is 12.1 Å². The van der Waals surface area contributed by atoms with E-state index in [2.05, 4.69) is 37.9 Å². The molecule has 6 nitrogen and oxygen atoms in total. The van der Waals surface area contributed by atoms with Crippen molar-refractivity contribution in [3.05, 3.63) is 47.8 Å². The molecule has 2 unspecified atom stereocenters. The molecule has 1 aromatic heterocycles. The molecule has 3 rings (SSSR count). The second-order valence-electron chi connectivity index (χ2n) is 5.89. The van der Waals surface area contributed by atoms with Gasteiger partial charge >= 0.3 is 0 Å². The van der Waals surface area contributed by atoms with Gasteiger partial charge in [0, 0.05) is 25.6 Å². The van der Waals surface area contributed by atoms with E-state index in [1.165, 1.54) is 12.1 Å². The van der Waals surface area contributed by atoms with Gasteiger partial charge < -0.3 is 9.88 Å². The standard InChI is InChI=1S/C16H23FN6/c1-2-7-23-11-20-21-15(23)10-18-8-13-9-19-22-16(13)12-3-5-14(17)6-4-12/h3-6,11,13,16,18-19,22H,2,7-10H2,1H3. The van der Waals surface area contributed by atoms with E-state index in [0.29, 0.717) is 12.5 Å². The quantitative estimate of drug-likeness (QED) is 0.720. The van der Waals surface area contributed by atoms with Gasteiger partial charge in [-0.25, -0.2) is 9.82 Å². The number of nitrogens with one attached hydrogen (secondary N) is 3. The molecular weight excluding hydrogens is 295 g/mol. The van der Waals surface area contributed by atoms with Crippen molar-refractivity contribution < 1.29 is 4.39 Å². The first-order chi connectivity index (χ1) is 11.3. The molecule has 1 fully saturated rings. The Morgan fingerprint density at radius 3 is 2.96 bits per heavy atom. The third-order valence-electron chi connectivity index (χ3n) is 4.17. The Morgan fingerprint density at radius 1 is 1.35 bits per heavy atom. The minimum Gasteiger partial charge on any atom is -0.317 e. The van der Waals surface area contributed by atoms with Gasteiger partial charge in [-0.3, -0.25) is 5.43 Å². The number of aryl methyl sites for hydroxylation is 1. The number of hydrogen-bond donors (Lipinski definition) is 3. The zero-order valence-corrected chi connectivity index (χ0v) is 13.3. The molecule has 0 aliphatic carbocycles. The average molecular weight is 318 g/mol. The van der Waals surface area contributed by atoms with Crippen LogP contribution in [0.25, 0.3) is 0 Å². The molecule has 2 aromatic rings. The Labute approximate surface area is 135 Å². The van der Waals surface area contributed by atoms with Gasteiger partial charge in [0.2, 0.25) is 0 Å². The van der Waals surface area contributed by atoms with Crippen molar-refractivity contribution in [3.8, 4) is 0 Å². The van der Waals surface area contributed by atoms with Crippen LogP contribution in [0.1, 0.15) is 30.8 Å². The maximum absolute atomic E-state index is 13.1. The molecule has 2 heterocycles. The average Bonchev–Trinajstić information content (AvgIpc) is 3.19. The molecule has 2 atom stereocenters. The van der Waals surface area contributed by atoms with Crippen LogP contribution in [0.5, 0.6) is 0 Å². The highest BCUT2D eigenvalue weighted by atomic mass is 19.1. The summed E-state index contributed by atoms with van der Waals surface area (Å²) in [6, 6.07) is 6.87. The number of rotatable bonds is 7. The number of aromatic nitrogens is 3. The van der Waals surface area contributed by atoms with E-state index >= 15 is 0 Å². The van der Waals surface area contributed by atoms with Crippen LogP contribution in [-0.4, -0.2) is 27.9 Å². The molecule has 1 saturated heterocycles. The van der Waals surface area contributed by atoms with E-state index in [-0.39, 0.29) is 11.9 Å². The summed E-state index contributed by atoms with van der Waals surface area (Å²) in [5, 5.41) is 11.6. The molecule has 124 valence electrons. The summed E-state index contributed by atoms with van der Waals surface area (Å²) in [6.07, 6.45) is 2.84. The monoisotopic (exact) mass is 318 g/mol. The van der Waals surface area contributed by atoms with Crippen molar-refractivity contribution in [1.29, 1.82) is 0 Å². The third kappa shape index (κ3) is 3.93. The van der Waals surface area contributed by atoms with E-state index in [0.717, 1.165) is 37.4 Å². The van der Waals surface area contributed by atoms with Crippen LogP contribution in [-0.2, 0) is 13.1 Å². The second-order valence-corrected chi connectivity index (χ2v) is 5.89. The molecule has 0 radical (unpaired) electrons. The van der Waals surface area contributed by atoms with E-state index in [4.69, 9.17) is 0 Å². The van der Waals surface area contributed by atoms with Gasteiger partial charge in [-0.1, -0.05) is 19.1 Å². The maximum Gasteiger partial charge on any atom is 0.146 e. The number of hydrazine groups is 1. The first-order valence-electron chi connectivity index (χ1n) is 8.09. The normalized spacial score (nSPS) is 21.0. The van der Waals surface area contributed by atoms with Crippen molar-refractivity contribution in [3.63, 3.8) is 0 Å². The molecule has 1 aliphatic rings. The van der Waals surface area contributed by atoms with Gasteiger partial charge in [-0.15, -0.1) is 10.2 Å². The van der Waals surface area contributed by atoms with E-state index in [9.17, 15) is 4.39 Å². The van der Waals surface area contributed by atoms with Crippen LogP contribution in [0, 0.1) is 11.7 Å². The zero-order chi connectivity index (χ0) is 16.1. The Kier molecular flexibility index (Phi) is 5.32. The van der Waals surface area contributed by atoms with Crippen LogP contribution in [0.15, 0.2) is 30.6 Å². The fourth-order valence-corrected chi connectivity index (χ4v) is 2.96. The van der Waals surface area contributed by atoms with Gasteiger partial charge in [0.05, 0.1) is 12.6 Å². The minimum atomic E-state index is -0.204. The summed E-state index contributed by atoms with van der Waals surface area (Å²) in [5.41, 5.74) is 7.56. The van der Waals surface area contributed by atoms with Crippen molar-refractivity contribution >= 4 is 0 Å². The zero-order valence-electron chi connectivity index (χ0n) is 13.3. The molecule has 1 aromatic carbocycles. The minimum absolute atomic E-state index is 0.177. The summed E-state index contributed by atoms with van der Waals surface area (Å²) in [5.74, 6) is 1.15. The predicted molar refractivity (Wildman–Crippen MR) is 85.8 cm³/mol. The number of hydrogen-bond acceptors (Lipinski definition) is 5. The van der Waals surface area contributed by atoms with Crippen molar-refractivity contribution in [1.82, 2.24) is 30.9 Å². The fraction of sp³-hybridized carbons (Fsp3) is 0.500. The highest BCUT2D eigenvalue weighted by Gasteiger charge is 2.27. The number of benzene rings is 1. The molecule has 0 spiro atoms. The largest absolute Gasteiger partial charge is 0.317 e. The summed E-state index contributed by atoms with van der Waals surface area (Å²) in [7, 11) is 0. The van der Waals surface area contributed by atoms with Crippen molar-refractivity contribution in [2.45, 2.75) is 32.5 Å². The second kappa shape index (κ2) is 7.63. The number of halogens is 1. The highest BCUT2D eigenvalue weighted by molar-refractivity contribution is 5.21. The lowest BCUT2D eigenvalue weighted by atomic mass is 9.95. The van der Waals surface area contributed by atoms with Gasteiger partial charge in [-0.2, -0.15) is 0 Å². The van der Waals surface area contributed by atoms with Crippen LogP contribution in [0.3, 0.4) is 0 Å². The van der Waals surface area contributed by atoms with Gasteiger partial charge in [0.25, 0.3) is 0 Å². The van der Waals surface area contributed by atoms with Crippen LogP contribution in [0.2, 0.25) is 0 Å². The Bertz CT molecular complexity index is 611. The summed E-state index contributed by atoms with van der Waals surface area (Å²) in [4.78, 5) is 0. The lowest BCUT2D eigenvalue weighted by Crippen LogP contribution is -2.29. The lowest BCUT2D eigenvalue weighted by Gasteiger charge is -2.19. The van der Waals surface area contributed by atoms with Gasteiger partial charge in [-0.05, 0) is 24.1 Å². The van der Waals surface area contributed by atoms with Crippen LogP contribution in [0.4, 0.5) is 4.39 Å². The van der Waals surface area contributed by atoms with Crippen LogP contribution < -0.4 is 16.2 Å². The van der Waals surface area contributed by atoms with Crippen LogP contribution >= 0.6 is 0 Å². The van der Waals surface area contributed by atoms with Crippen molar-refractivity contribution in [2.24, 2.45) is 5.92 Å². The number of nitrogens with zero attached hydrogens (tertiary/aromatic N) is 3. The van der Waals surface area contributed by atoms with Crippen molar-refractivity contribution in [2.75, 3.05) is 13.1 Å². The first-order valence-corrected chi connectivity index (χ1v) is 8.09. The van der Waals surface area contributed by atoms with E-state index < -0.39 is 0 Å². The fourth-order valence-electron chi connectivity index (χ4n) is 2.96.